The van der Waals surface area contributed by atoms with Crippen molar-refractivity contribution in [1.82, 2.24) is 24.1 Å². The number of para-hydroxylation sites is 1. The summed E-state index contributed by atoms with van der Waals surface area (Å²) in [4.78, 5) is 31.8. The molecule has 3 heterocycles. The molecular weight excluding hydrogens is 318 g/mol. The molecule has 1 amide bonds. The molecule has 0 spiro atoms. The highest BCUT2D eigenvalue weighted by Gasteiger charge is 2.22. The number of hydrogen-bond donors (Lipinski definition) is 0. The number of amides is 1. The smallest absolute Gasteiger partial charge is 0.341 e. The Morgan fingerprint density at radius 2 is 1.92 bits per heavy atom. The van der Waals surface area contributed by atoms with Gasteiger partial charge in [0.1, 0.15) is 12.4 Å². The van der Waals surface area contributed by atoms with Gasteiger partial charge in [0.15, 0.2) is 5.65 Å². The van der Waals surface area contributed by atoms with Crippen molar-refractivity contribution in [3.05, 3.63) is 40.6 Å². The standard InChI is InChI=1S/C18H21N5O2/c1-12(2)16-19-14-8-4-3-7-13(14)17-20-22(18(25)23(16)17)11-15(24)21-9-5-6-10-21/h3-4,7-8,12H,5-6,9-11H2,1-2H3. The molecule has 0 bridgehead atoms. The Kier molecular flexibility index (Phi) is 3.78. The first kappa shape index (κ1) is 15.8. The highest BCUT2D eigenvalue weighted by atomic mass is 16.2. The van der Waals surface area contributed by atoms with E-state index in [4.69, 9.17) is 0 Å². The first-order valence-electron chi connectivity index (χ1n) is 8.72. The molecule has 130 valence electrons. The fraction of sp³-hybridized carbons (Fsp3) is 0.444. The maximum Gasteiger partial charge on any atom is 0.352 e. The number of benzene rings is 1. The van der Waals surface area contributed by atoms with Gasteiger partial charge in [-0.1, -0.05) is 26.0 Å². The zero-order valence-electron chi connectivity index (χ0n) is 14.5. The predicted molar refractivity (Wildman–Crippen MR) is 94.7 cm³/mol. The predicted octanol–water partition coefficient (Wildman–Crippen LogP) is 1.79. The van der Waals surface area contributed by atoms with Crippen molar-refractivity contribution < 1.29 is 4.79 Å². The number of carbonyl (C=O) groups is 1. The zero-order valence-corrected chi connectivity index (χ0v) is 14.5. The lowest BCUT2D eigenvalue weighted by Crippen LogP contribution is -2.35. The number of aromatic nitrogens is 4. The number of hydrogen-bond acceptors (Lipinski definition) is 4. The molecule has 0 unspecified atom stereocenters. The number of nitrogens with zero attached hydrogens (tertiary/aromatic N) is 5. The van der Waals surface area contributed by atoms with E-state index in [1.165, 1.54) is 4.68 Å². The average molecular weight is 339 g/mol. The summed E-state index contributed by atoms with van der Waals surface area (Å²) in [5, 5.41) is 5.29. The number of carbonyl (C=O) groups excluding carboxylic acids is 1. The van der Waals surface area contributed by atoms with E-state index < -0.39 is 0 Å². The second-order valence-corrected chi connectivity index (χ2v) is 6.83. The molecule has 0 atom stereocenters. The third kappa shape index (κ3) is 2.59. The fourth-order valence-electron chi connectivity index (χ4n) is 3.41. The molecular formula is C18H21N5O2. The quantitative estimate of drug-likeness (QED) is 0.729. The van der Waals surface area contributed by atoms with Crippen molar-refractivity contribution in [2.24, 2.45) is 0 Å². The second kappa shape index (κ2) is 5.98. The molecule has 0 aliphatic carbocycles. The van der Waals surface area contributed by atoms with Crippen LogP contribution in [0.15, 0.2) is 29.1 Å². The zero-order chi connectivity index (χ0) is 17.6. The van der Waals surface area contributed by atoms with E-state index in [0.717, 1.165) is 36.8 Å². The van der Waals surface area contributed by atoms with Gasteiger partial charge in [0, 0.05) is 24.4 Å². The minimum atomic E-state index is -0.301. The molecule has 1 aliphatic heterocycles. The summed E-state index contributed by atoms with van der Waals surface area (Å²) in [5.41, 5.74) is 1.07. The third-order valence-electron chi connectivity index (χ3n) is 4.71. The molecule has 2 aromatic heterocycles. The summed E-state index contributed by atoms with van der Waals surface area (Å²) in [6, 6.07) is 7.64. The van der Waals surface area contributed by atoms with Crippen LogP contribution in [0.25, 0.3) is 16.6 Å². The van der Waals surface area contributed by atoms with Crippen molar-refractivity contribution in [1.29, 1.82) is 0 Å². The minimum Gasteiger partial charge on any atom is -0.341 e. The van der Waals surface area contributed by atoms with Crippen molar-refractivity contribution in [2.45, 2.75) is 39.2 Å². The molecule has 7 nitrogen and oxygen atoms in total. The molecule has 25 heavy (non-hydrogen) atoms. The van der Waals surface area contributed by atoms with Gasteiger partial charge < -0.3 is 4.90 Å². The van der Waals surface area contributed by atoms with Crippen molar-refractivity contribution in [2.75, 3.05) is 13.1 Å². The van der Waals surface area contributed by atoms with E-state index in [2.05, 4.69) is 10.1 Å². The lowest BCUT2D eigenvalue weighted by atomic mass is 10.2. The molecule has 4 rings (SSSR count). The van der Waals surface area contributed by atoms with Crippen LogP contribution in [0.4, 0.5) is 0 Å². The average Bonchev–Trinajstić information content (AvgIpc) is 3.24. The largest absolute Gasteiger partial charge is 0.352 e. The van der Waals surface area contributed by atoms with Gasteiger partial charge in [-0.2, -0.15) is 0 Å². The summed E-state index contributed by atoms with van der Waals surface area (Å²) in [6.45, 7) is 5.50. The lowest BCUT2D eigenvalue weighted by molar-refractivity contribution is -0.131. The van der Waals surface area contributed by atoms with Gasteiger partial charge in [0.05, 0.1) is 5.52 Å². The molecule has 1 fully saturated rings. The molecule has 3 aromatic rings. The monoisotopic (exact) mass is 339 g/mol. The van der Waals surface area contributed by atoms with Crippen LogP contribution in [0.2, 0.25) is 0 Å². The highest BCUT2D eigenvalue weighted by Crippen LogP contribution is 2.20. The van der Waals surface area contributed by atoms with E-state index in [1.807, 2.05) is 38.1 Å². The van der Waals surface area contributed by atoms with Gasteiger partial charge in [-0.15, -0.1) is 5.10 Å². The summed E-state index contributed by atoms with van der Waals surface area (Å²) >= 11 is 0. The number of likely N-dealkylation sites (tertiary alicyclic amines) is 1. The normalized spacial score (nSPS) is 14.9. The van der Waals surface area contributed by atoms with E-state index in [-0.39, 0.29) is 24.1 Å². The third-order valence-corrected chi connectivity index (χ3v) is 4.71. The van der Waals surface area contributed by atoms with E-state index in [1.54, 1.807) is 9.30 Å². The summed E-state index contributed by atoms with van der Waals surface area (Å²) in [5.74, 6) is 0.682. The number of fused-ring (bicyclic) bond motifs is 3. The van der Waals surface area contributed by atoms with Gasteiger partial charge in [-0.05, 0) is 25.0 Å². The van der Waals surface area contributed by atoms with Crippen LogP contribution in [0.3, 0.4) is 0 Å². The highest BCUT2D eigenvalue weighted by molar-refractivity contribution is 5.91. The van der Waals surface area contributed by atoms with Crippen LogP contribution in [0, 0.1) is 0 Å². The first-order valence-corrected chi connectivity index (χ1v) is 8.72. The van der Waals surface area contributed by atoms with Gasteiger partial charge in [0.25, 0.3) is 0 Å². The Balaban J connectivity index is 1.88. The van der Waals surface area contributed by atoms with Crippen LogP contribution in [-0.4, -0.2) is 43.1 Å². The minimum absolute atomic E-state index is 0.0215. The summed E-state index contributed by atoms with van der Waals surface area (Å²) in [6.07, 6.45) is 2.05. The molecule has 7 heteroatoms. The van der Waals surface area contributed by atoms with Crippen LogP contribution < -0.4 is 5.69 Å². The Morgan fingerprint density at radius 1 is 1.20 bits per heavy atom. The maximum atomic E-state index is 12.9. The van der Waals surface area contributed by atoms with Gasteiger partial charge in [-0.25, -0.2) is 18.9 Å². The van der Waals surface area contributed by atoms with Crippen LogP contribution >= 0.6 is 0 Å². The Morgan fingerprint density at radius 3 is 2.64 bits per heavy atom. The Hall–Kier alpha value is -2.70. The van der Waals surface area contributed by atoms with Crippen LogP contribution in [0.5, 0.6) is 0 Å². The van der Waals surface area contributed by atoms with Gasteiger partial charge in [-0.3, -0.25) is 4.79 Å². The van der Waals surface area contributed by atoms with E-state index in [0.29, 0.717) is 11.5 Å². The molecule has 0 radical (unpaired) electrons. The molecule has 1 aromatic carbocycles. The molecule has 1 aliphatic rings. The molecule has 1 saturated heterocycles. The maximum absolute atomic E-state index is 12.9. The fourth-order valence-corrected chi connectivity index (χ4v) is 3.41. The van der Waals surface area contributed by atoms with Crippen molar-refractivity contribution >= 4 is 22.5 Å². The molecule has 0 saturated carbocycles. The SMILES string of the molecule is CC(C)c1nc2ccccc2c2nn(CC(=O)N3CCCC3)c(=O)n12. The van der Waals surface area contributed by atoms with Crippen LogP contribution in [0.1, 0.15) is 38.4 Å². The second-order valence-electron chi connectivity index (χ2n) is 6.83. The van der Waals surface area contributed by atoms with Crippen molar-refractivity contribution in [3.8, 4) is 0 Å². The molecule has 0 N–H and O–H groups in total. The van der Waals surface area contributed by atoms with E-state index >= 15 is 0 Å². The Bertz CT molecular complexity index is 1010. The topological polar surface area (TPSA) is 72.5 Å². The van der Waals surface area contributed by atoms with Crippen LogP contribution in [-0.2, 0) is 11.3 Å². The Labute approximate surface area is 144 Å². The number of rotatable bonds is 3. The lowest BCUT2D eigenvalue weighted by Gasteiger charge is -2.14. The summed E-state index contributed by atoms with van der Waals surface area (Å²) < 4.78 is 2.82. The van der Waals surface area contributed by atoms with Gasteiger partial charge >= 0.3 is 5.69 Å². The summed E-state index contributed by atoms with van der Waals surface area (Å²) in [7, 11) is 0. The first-order chi connectivity index (χ1) is 12.1. The van der Waals surface area contributed by atoms with Crippen molar-refractivity contribution in [3.63, 3.8) is 0 Å². The van der Waals surface area contributed by atoms with Gasteiger partial charge in [0.2, 0.25) is 5.91 Å². The van der Waals surface area contributed by atoms with E-state index in [9.17, 15) is 9.59 Å².